The van der Waals surface area contributed by atoms with Gasteiger partial charge in [-0.05, 0) is 172 Å². The summed E-state index contributed by atoms with van der Waals surface area (Å²) in [4.78, 5) is 9.60. The van der Waals surface area contributed by atoms with E-state index in [0.717, 1.165) is 80.5 Å². The van der Waals surface area contributed by atoms with Crippen molar-refractivity contribution in [2.24, 2.45) is 0 Å². The van der Waals surface area contributed by atoms with Crippen molar-refractivity contribution in [2.45, 2.75) is 221 Å². The van der Waals surface area contributed by atoms with E-state index < -0.39 is 0 Å². The Bertz CT molecular complexity index is 3850. The van der Waals surface area contributed by atoms with E-state index >= 15 is 0 Å². The molecule has 508 valence electrons. The molecule has 94 heavy (non-hydrogen) atoms. The van der Waals surface area contributed by atoms with Crippen LogP contribution in [0.1, 0.15) is 232 Å². The van der Waals surface area contributed by atoms with Gasteiger partial charge in [0.05, 0.1) is 0 Å². The summed E-state index contributed by atoms with van der Waals surface area (Å²) in [5.41, 5.74) is 15.4. The molecular weight excluding hydrogens is 1340 g/mol. The van der Waals surface area contributed by atoms with Gasteiger partial charge < -0.3 is 40.0 Å². The molecule has 0 spiro atoms. The Balaban J connectivity index is 0.000000148. The minimum Gasteiger partial charge on any atom is -0.507 e. The number of fused-ring (bicyclic) bond motifs is 12. The van der Waals surface area contributed by atoms with E-state index in [4.69, 9.17) is 23.2 Å². The molecule has 0 saturated heterocycles. The van der Waals surface area contributed by atoms with Crippen molar-refractivity contribution in [3.8, 4) is 23.0 Å². The van der Waals surface area contributed by atoms with Crippen molar-refractivity contribution < 1.29 is 20.4 Å². The van der Waals surface area contributed by atoms with Gasteiger partial charge in [-0.3, -0.25) is 0 Å². The number of aromatic hydroxyl groups is 4. The predicted molar refractivity (Wildman–Crippen MR) is 416 cm³/mol. The second-order valence-corrected chi connectivity index (χ2v) is 35.7. The third-order valence-electron chi connectivity index (χ3n) is 20.0. The first-order chi connectivity index (χ1) is 43.5. The highest BCUT2D eigenvalue weighted by molar-refractivity contribution is 9.09. The lowest BCUT2D eigenvalue weighted by Crippen LogP contribution is -2.40. The maximum absolute atomic E-state index is 10.6. The van der Waals surface area contributed by atoms with Gasteiger partial charge in [-0.15, -0.1) is 23.2 Å². The first-order valence-corrected chi connectivity index (χ1v) is 37.4. The molecule has 0 aromatic heterocycles. The fraction of sp³-hybridized carbons (Fsp3) is 0.512. The van der Waals surface area contributed by atoms with Crippen LogP contribution in [0.25, 0.3) is 43.1 Å². The van der Waals surface area contributed by atoms with E-state index in [2.05, 4.69) is 271 Å². The zero-order valence-electron chi connectivity index (χ0n) is 60.4. The number of halogens is 4. The molecule has 4 aliphatic heterocycles. The van der Waals surface area contributed by atoms with Crippen LogP contribution in [-0.2, 0) is 10.8 Å². The SMILES string of the molecule is CC(C)(C)c1ccc2c(O)cc3c(c2c1)[C@H](CBr)CN3C(C)(C)C.CC(C)(C)c1ccc2c(O)cc3c(c2c1)[C@H](CCl)CN3C(C)(C)C.CC(C)c1ccc2c(O)cc3c(c2c1)[C@H](CBr)CN3C(C)(C)C.CC(C)c1ccc2c(O)cc3c(c2c1)[C@H](CCl)CN3C(C)(C)C. The second-order valence-electron chi connectivity index (χ2n) is 33.8. The Hall–Kier alpha value is -5.26. The van der Waals surface area contributed by atoms with Gasteiger partial charge in [-0.2, -0.15) is 0 Å². The summed E-state index contributed by atoms with van der Waals surface area (Å²) in [6.45, 7) is 52.7. The molecule has 0 fully saturated rings. The van der Waals surface area contributed by atoms with Gasteiger partial charge in [0.2, 0.25) is 0 Å². The summed E-state index contributed by atoms with van der Waals surface area (Å²) < 4.78 is 0. The third-order valence-corrected chi connectivity index (χ3v) is 22.4. The van der Waals surface area contributed by atoms with Crippen molar-refractivity contribution in [1.29, 1.82) is 0 Å². The normalized spacial score (nSPS) is 18.2. The van der Waals surface area contributed by atoms with Crippen molar-refractivity contribution in [3.63, 3.8) is 0 Å². The molecule has 8 nitrogen and oxygen atoms in total. The number of alkyl halides is 4. The van der Waals surface area contributed by atoms with Crippen molar-refractivity contribution in [2.75, 3.05) is 68.2 Å². The number of phenolic OH excluding ortho intramolecular Hbond substituents is 4. The van der Waals surface area contributed by atoms with E-state index in [1.165, 1.54) is 66.7 Å². The fourth-order valence-corrected chi connectivity index (χ4v) is 16.2. The summed E-state index contributed by atoms with van der Waals surface area (Å²) in [5, 5.41) is 52.7. The summed E-state index contributed by atoms with van der Waals surface area (Å²) in [6, 6.07) is 33.6. The minimum absolute atomic E-state index is 0.00267. The standard InChI is InChI=1S/C21H28BrNO.C21H28ClNO.C20H26BrNO.C20H26ClNO/c2*1-20(2,3)14-7-8-15-16(9-14)19-13(11-22)12-23(21(4,5)6)17(19)10-18(15)24;2*1-12(2)13-6-7-15-16(8-13)19-14(10-21)11-22(20(3,4)5)17(19)9-18(15)23/h2*7-10,13,24H,11-12H2,1-6H3;2*6-9,12,14,23H,10-11H2,1-5H3/t2*13-;2*14-/m1111/s1. The van der Waals surface area contributed by atoms with Crippen LogP contribution >= 0.6 is 55.1 Å². The van der Waals surface area contributed by atoms with Crippen LogP contribution in [0.4, 0.5) is 22.7 Å². The van der Waals surface area contributed by atoms with Gasteiger partial charge in [0.25, 0.3) is 0 Å². The van der Waals surface area contributed by atoms with Crippen LogP contribution in [0.5, 0.6) is 23.0 Å². The zero-order chi connectivity index (χ0) is 69.6. The molecule has 4 heterocycles. The fourth-order valence-electron chi connectivity index (χ4n) is 14.6. The van der Waals surface area contributed by atoms with Gasteiger partial charge in [-0.25, -0.2) is 0 Å². The van der Waals surface area contributed by atoms with E-state index in [0.29, 0.717) is 70.3 Å². The zero-order valence-corrected chi connectivity index (χ0v) is 65.1. The Morgan fingerprint density at radius 1 is 0.351 bits per heavy atom. The first kappa shape index (κ1) is 73.0. The lowest BCUT2D eigenvalue weighted by Gasteiger charge is -2.35. The predicted octanol–water partition coefficient (Wildman–Crippen LogP) is 23.1. The highest BCUT2D eigenvalue weighted by atomic mass is 79.9. The monoisotopic (exact) mass is 1440 g/mol. The molecule has 8 aromatic rings. The Kier molecular flexibility index (Phi) is 20.9. The number of hydrogen-bond acceptors (Lipinski definition) is 8. The first-order valence-electron chi connectivity index (χ1n) is 34.1. The Labute approximate surface area is 590 Å². The van der Waals surface area contributed by atoms with Crippen molar-refractivity contribution >= 4 is 121 Å². The summed E-state index contributed by atoms with van der Waals surface area (Å²) >= 11 is 20.1. The lowest BCUT2D eigenvalue weighted by molar-refractivity contribution is 0.478. The van der Waals surface area contributed by atoms with Gasteiger partial charge in [-0.1, -0.05) is 174 Å². The molecule has 0 unspecified atom stereocenters. The second kappa shape index (κ2) is 26.9. The van der Waals surface area contributed by atoms with Crippen LogP contribution in [0.2, 0.25) is 0 Å². The molecule has 12 rings (SSSR count). The number of phenols is 4. The average molecular weight is 1440 g/mol. The molecule has 0 amide bonds. The minimum atomic E-state index is -0.00267. The molecule has 0 saturated carbocycles. The number of nitrogens with zero attached hydrogens (tertiary/aromatic N) is 4. The average Bonchev–Trinajstić information content (AvgIpc) is 1.57. The summed E-state index contributed by atoms with van der Waals surface area (Å²) in [5.74, 6) is 5.12. The molecule has 4 atom stereocenters. The Morgan fingerprint density at radius 3 is 0.809 bits per heavy atom. The molecular formula is C82H108Br2Cl2N4O4. The third kappa shape index (κ3) is 14.4. The van der Waals surface area contributed by atoms with Gasteiger partial charge >= 0.3 is 0 Å². The number of benzene rings is 8. The number of rotatable bonds is 6. The molecule has 8 aromatic carbocycles. The van der Waals surface area contributed by atoms with Gasteiger partial charge in [0.1, 0.15) is 23.0 Å². The van der Waals surface area contributed by atoms with Crippen LogP contribution in [0, 0.1) is 0 Å². The van der Waals surface area contributed by atoms with Crippen molar-refractivity contribution in [1.82, 2.24) is 0 Å². The van der Waals surface area contributed by atoms with E-state index in [-0.39, 0.29) is 33.0 Å². The summed E-state index contributed by atoms with van der Waals surface area (Å²) in [7, 11) is 0. The molecule has 4 N–H and O–H groups in total. The highest BCUT2D eigenvalue weighted by Crippen LogP contribution is 2.53. The van der Waals surface area contributed by atoms with E-state index in [1.54, 1.807) is 0 Å². The summed E-state index contributed by atoms with van der Waals surface area (Å²) in [6.07, 6.45) is 0. The van der Waals surface area contributed by atoms with Crippen LogP contribution in [0.15, 0.2) is 97.1 Å². The topological polar surface area (TPSA) is 93.9 Å². The maximum Gasteiger partial charge on any atom is 0.125 e. The van der Waals surface area contributed by atoms with Crippen molar-refractivity contribution in [3.05, 3.63) is 142 Å². The molecule has 12 heteroatoms. The largest absolute Gasteiger partial charge is 0.507 e. The van der Waals surface area contributed by atoms with E-state index in [9.17, 15) is 20.4 Å². The van der Waals surface area contributed by atoms with E-state index in [1.807, 2.05) is 30.3 Å². The van der Waals surface area contributed by atoms with Gasteiger partial charge in [0.15, 0.2) is 0 Å². The van der Waals surface area contributed by atoms with Crippen LogP contribution in [-0.4, -0.2) is 91.2 Å². The molecule has 0 radical (unpaired) electrons. The van der Waals surface area contributed by atoms with Gasteiger partial charge in [0, 0.05) is 163 Å². The van der Waals surface area contributed by atoms with Crippen LogP contribution < -0.4 is 19.6 Å². The quantitative estimate of drug-likeness (QED) is 0.122. The maximum atomic E-state index is 10.6. The molecule has 4 aliphatic rings. The number of anilines is 4. The molecule has 0 bridgehead atoms. The lowest BCUT2D eigenvalue weighted by atomic mass is 9.84. The number of hydrogen-bond donors (Lipinski definition) is 4. The smallest absolute Gasteiger partial charge is 0.125 e. The molecule has 0 aliphatic carbocycles. The highest BCUT2D eigenvalue weighted by Gasteiger charge is 2.41. The Morgan fingerprint density at radius 2 is 0.585 bits per heavy atom. The van der Waals surface area contributed by atoms with Crippen LogP contribution in [0.3, 0.4) is 0 Å².